The second kappa shape index (κ2) is 7.11. The van der Waals surface area contributed by atoms with Crippen molar-refractivity contribution in [2.45, 2.75) is 56.9 Å². The summed E-state index contributed by atoms with van der Waals surface area (Å²) in [5.74, 6) is 1.78. The third-order valence-electron chi connectivity index (χ3n) is 7.33. The fraction of sp³-hybridized carbons (Fsp3) is 0.667. The molecule has 5 N–H and O–H groups in total. The average Bonchev–Trinajstić information content (AvgIpc) is 3.37. The van der Waals surface area contributed by atoms with Crippen LogP contribution in [0.2, 0.25) is 0 Å². The number of H-pyrrole nitrogens is 1. The lowest BCUT2D eigenvalue weighted by atomic mass is 9.52. The molecule has 3 heterocycles. The minimum absolute atomic E-state index is 0.0683. The number of aromatic amines is 1. The van der Waals surface area contributed by atoms with Gasteiger partial charge in [-0.3, -0.25) is 10.4 Å². The van der Waals surface area contributed by atoms with E-state index in [1.807, 2.05) is 6.92 Å². The van der Waals surface area contributed by atoms with Crippen LogP contribution in [0.3, 0.4) is 0 Å². The van der Waals surface area contributed by atoms with Crippen LogP contribution in [0.25, 0.3) is 0 Å². The van der Waals surface area contributed by atoms with E-state index < -0.39 is 17.6 Å². The Balaban J connectivity index is 1.32. The molecule has 3 atom stereocenters. The number of ether oxygens (including phenoxy) is 1. The SMILES string of the molecule is Cc1cc(Nc2nc(NC3C4CC5CC3CC(O)(C5)C4)nc(C3NCCO3)c2F)n[nH]1. The van der Waals surface area contributed by atoms with Crippen LogP contribution in [0, 0.1) is 30.5 Å². The fourth-order valence-electron chi connectivity index (χ4n) is 6.36. The summed E-state index contributed by atoms with van der Waals surface area (Å²) < 4.78 is 20.9. The van der Waals surface area contributed by atoms with E-state index in [4.69, 9.17) is 4.74 Å². The number of rotatable bonds is 5. The molecule has 31 heavy (non-hydrogen) atoms. The Kier molecular flexibility index (Phi) is 4.45. The second-order valence-electron chi connectivity index (χ2n) is 9.73. The molecule has 2 aromatic rings. The summed E-state index contributed by atoms with van der Waals surface area (Å²) in [5, 5.41) is 27.5. The zero-order valence-corrected chi connectivity index (χ0v) is 17.5. The van der Waals surface area contributed by atoms with Gasteiger partial charge >= 0.3 is 0 Å². The molecule has 3 unspecified atom stereocenters. The number of aryl methyl sites for hydroxylation is 1. The first-order valence-electron chi connectivity index (χ1n) is 11.2. The number of nitrogens with one attached hydrogen (secondary N) is 4. The molecule has 2 aromatic heterocycles. The third kappa shape index (κ3) is 3.46. The molecule has 1 aliphatic heterocycles. The third-order valence-corrected chi connectivity index (χ3v) is 7.33. The molecular formula is C21H28FN7O2. The van der Waals surface area contributed by atoms with Gasteiger partial charge in [-0.05, 0) is 56.8 Å². The summed E-state index contributed by atoms with van der Waals surface area (Å²) in [6.45, 7) is 3.03. The van der Waals surface area contributed by atoms with Gasteiger partial charge < -0.3 is 20.5 Å². The zero-order valence-electron chi connectivity index (χ0n) is 17.5. The number of aliphatic hydroxyl groups is 1. The topological polar surface area (TPSA) is 120 Å². The van der Waals surface area contributed by atoms with E-state index in [0.717, 1.165) is 37.8 Å². The van der Waals surface area contributed by atoms with Crippen LogP contribution in [0.5, 0.6) is 0 Å². The molecule has 5 fully saturated rings. The molecular weight excluding hydrogens is 401 g/mol. The molecule has 0 spiro atoms. The van der Waals surface area contributed by atoms with Crippen molar-refractivity contribution >= 4 is 17.6 Å². The maximum atomic E-state index is 15.3. The molecule has 9 nitrogen and oxygen atoms in total. The molecule has 7 rings (SSSR count). The average molecular weight is 430 g/mol. The Hall–Kier alpha value is -2.30. The normalized spacial score (nSPS) is 36.2. The summed E-state index contributed by atoms with van der Waals surface area (Å²) in [6.07, 6.45) is 4.20. The summed E-state index contributed by atoms with van der Waals surface area (Å²) in [7, 11) is 0. The van der Waals surface area contributed by atoms with Gasteiger partial charge in [-0.15, -0.1) is 0 Å². The standard InChI is InChI=1S/C21H28FN7O2/c1-10-4-14(29-28-10)24-18-15(22)17(19-23-2-3-31-19)26-20(27-18)25-16-12-5-11-6-13(16)9-21(30,7-11)8-12/h4,11-13,16,19,23,30H,2-3,5-9H2,1H3,(H3,24,25,26,27,28,29). The minimum Gasteiger partial charge on any atom is -0.390 e. The Labute approximate surface area is 179 Å². The molecule has 1 saturated heterocycles. The monoisotopic (exact) mass is 429 g/mol. The number of hydrogen-bond acceptors (Lipinski definition) is 8. The summed E-state index contributed by atoms with van der Waals surface area (Å²) in [6, 6.07) is 1.98. The lowest BCUT2D eigenvalue weighted by Gasteiger charge is -2.58. The van der Waals surface area contributed by atoms with Gasteiger partial charge in [0.1, 0.15) is 5.69 Å². The highest BCUT2D eigenvalue weighted by atomic mass is 19.1. The maximum Gasteiger partial charge on any atom is 0.225 e. The molecule has 0 aromatic carbocycles. The first-order chi connectivity index (χ1) is 15.0. The van der Waals surface area contributed by atoms with E-state index in [1.54, 1.807) is 6.07 Å². The lowest BCUT2D eigenvalue weighted by Crippen LogP contribution is -2.59. The molecule has 4 aliphatic carbocycles. The first kappa shape index (κ1) is 19.4. The van der Waals surface area contributed by atoms with Gasteiger partial charge in [0.25, 0.3) is 0 Å². The summed E-state index contributed by atoms with van der Waals surface area (Å²) >= 11 is 0. The van der Waals surface area contributed by atoms with Gasteiger partial charge in [0.2, 0.25) is 5.95 Å². The highest BCUT2D eigenvalue weighted by molar-refractivity contribution is 5.55. The van der Waals surface area contributed by atoms with Crippen LogP contribution >= 0.6 is 0 Å². The molecule has 166 valence electrons. The molecule has 4 saturated carbocycles. The number of halogens is 1. The largest absolute Gasteiger partial charge is 0.390 e. The molecule has 0 amide bonds. The first-order valence-corrected chi connectivity index (χ1v) is 11.2. The lowest BCUT2D eigenvalue weighted by molar-refractivity contribution is -0.129. The smallest absolute Gasteiger partial charge is 0.225 e. The van der Waals surface area contributed by atoms with E-state index in [1.165, 1.54) is 0 Å². The van der Waals surface area contributed by atoms with E-state index in [2.05, 4.69) is 36.1 Å². The molecule has 0 radical (unpaired) electrons. The van der Waals surface area contributed by atoms with Crippen LogP contribution in [0.1, 0.15) is 49.7 Å². The molecule has 10 heteroatoms. The summed E-state index contributed by atoms with van der Waals surface area (Å²) in [4.78, 5) is 8.99. The van der Waals surface area contributed by atoms with Gasteiger partial charge in [-0.25, -0.2) is 9.37 Å². The summed E-state index contributed by atoms with van der Waals surface area (Å²) in [5.41, 5.74) is 0.547. The Morgan fingerprint density at radius 3 is 2.68 bits per heavy atom. The van der Waals surface area contributed by atoms with E-state index >= 15 is 4.39 Å². The predicted molar refractivity (Wildman–Crippen MR) is 111 cm³/mol. The van der Waals surface area contributed by atoms with Crippen molar-refractivity contribution in [1.29, 1.82) is 0 Å². The van der Waals surface area contributed by atoms with Crippen LogP contribution in [-0.4, -0.2) is 50.1 Å². The Morgan fingerprint density at radius 1 is 1.23 bits per heavy atom. The van der Waals surface area contributed by atoms with Gasteiger partial charge in [-0.1, -0.05) is 0 Å². The van der Waals surface area contributed by atoms with Crippen molar-refractivity contribution in [2.75, 3.05) is 23.8 Å². The van der Waals surface area contributed by atoms with Crippen molar-refractivity contribution in [2.24, 2.45) is 17.8 Å². The Morgan fingerprint density at radius 2 is 2.03 bits per heavy atom. The number of anilines is 3. The highest BCUT2D eigenvalue weighted by Crippen LogP contribution is 2.56. The van der Waals surface area contributed by atoms with Gasteiger partial charge in [-0.2, -0.15) is 10.1 Å². The van der Waals surface area contributed by atoms with Crippen LogP contribution < -0.4 is 16.0 Å². The zero-order chi connectivity index (χ0) is 21.2. The van der Waals surface area contributed by atoms with Crippen LogP contribution in [0.4, 0.5) is 22.0 Å². The van der Waals surface area contributed by atoms with Crippen molar-refractivity contribution in [3.63, 3.8) is 0 Å². The van der Waals surface area contributed by atoms with Crippen molar-refractivity contribution in [3.05, 3.63) is 23.3 Å². The van der Waals surface area contributed by atoms with E-state index in [9.17, 15) is 5.11 Å². The van der Waals surface area contributed by atoms with Crippen LogP contribution in [-0.2, 0) is 4.74 Å². The van der Waals surface area contributed by atoms with E-state index in [-0.39, 0.29) is 17.6 Å². The van der Waals surface area contributed by atoms with Gasteiger partial charge in [0, 0.05) is 24.3 Å². The van der Waals surface area contributed by atoms with Gasteiger partial charge in [0.15, 0.2) is 23.7 Å². The van der Waals surface area contributed by atoms with Crippen molar-refractivity contribution < 1.29 is 14.2 Å². The fourth-order valence-corrected chi connectivity index (χ4v) is 6.36. The van der Waals surface area contributed by atoms with Crippen molar-refractivity contribution in [3.8, 4) is 0 Å². The van der Waals surface area contributed by atoms with Gasteiger partial charge in [0.05, 0.1) is 12.2 Å². The number of hydrogen-bond donors (Lipinski definition) is 5. The molecule has 5 aliphatic rings. The maximum absolute atomic E-state index is 15.3. The van der Waals surface area contributed by atoms with Crippen molar-refractivity contribution in [1.82, 2.24) is 25.5 Å². The number of aromatic nitrogens is 4. The predicted octanol–water partition coefficient (Wildman–Crippen LogP) is 2.36. The van der Waals surface area contributed by atoms with Crippen LogP contribution in [0.15, 0.2) is 6.07 Å². The molecule has 4 bridgehead atoms. The Bertz CT molecular complexity index is 976. The second-order valence-corrected chi connectivity index (χ2v) is 9.73. The number of nitrogens with zero attached hydrogens (tertiary/aromatic N) is 3. The highest BCUT2D eigenvalue weighted by Gasteiger charge is 2.54. The van der Waals surface area contributed by atoms with E-state index in [0.29, 0.717) is 42.7 Å². The quantitative estimate of drug-likeness (QED) is 0.491. The minimum atomic E-state index is -0.607.